The van der Waals surface area contributed by atoms with Crippen LogP contribution in [0, 0.1) is 0 Å². The molecule has 0 fully saturated rings. The van der Waals surface area contributed by atoms with Crippen molar-refractivity contribution >= 4 is 32.6 Å². The number of para-hydroxylation sites is 2. The summed E-state index contributed by atoms with van der Waals surface area (Å²) in [6.07, 6.45) is 3.74. The Labute approximate surface area is 238 Å². The van der Waals surface area contributed by atoms with Gasteiger partial charge in [0.25, 0.3) is 0 Å². The van der Waals surface area contributed by atoms with Crippen LogP contribution >= 0.6 is 0 Å². The Bertz CT molecular complexity index is 2140. The van der Waals surface area contributed by atoms with Gasteiger partial charge in [0.15, 0.2) is 0 Å². The minimum Gasteiger partial charge on any atom is -0.291 e. The molecule has 8 rings (SSSR count). The van der Waals surface area contributed by atoms with Crippen molar-refractivity contribution in [1.82, 2.24) is 14.5 Å². The summed E-state index contributed by atoms with van der Waals surface area (Å²) in [5.74, 6) is 0.938. The van der Waals surface area contributed by atoms with Crippen molar-refractivity contribution in [2.75, 3.05) is 0 Å². The fourth-order valence-corrected chi connectivity index (χ4v) is 6.08. The van der Waals surface area contributed by atoms with Crippen LogP contribution in [0.15, 0.2) is 152 Å². The van der Waals surface area contributed by atoms with Gasteiger partial charge in [-0.2, -0.15) is 0 Å². The van der Waals surface area contributed by atoms with Gasteiger partial charge in [0.2, 0.25) is 0 Å². The molecular formula is C38H25N3. The number of pyridine rings is 1. The molecular weight excluding hydrogens is 498 g/mol. The molecule has 2 heterocycles. The van der Waals surface area contributed by atoms with Crippen LogP contribution in [0.2, 0.25) is 0 Å². The third-order valence-electron chi connectivity index (χ3n) is 7.87. The van der Waals surface area contributed by atoms with E-state index in [2.05, 4.69) is 143 Å². The number of hydrogen-bond donors (Lipinski definition) is 0. The molecule has 0 N–H and O–H groups in total. The third-order valence-corrected chi connectivity index (χ3v) is 7.87. The van der Waals surface area contributed by atoms with Gasteiger partial charge in [-0.25, -0.2) is 4.98 Å². The van der Waals surface area contributed by atoms with Gasteiger partial charge in [0.1, 0.15) is 5.82 Å². The highest BCUT2D eigenvalue weighted by molar-refractivity contribution is 6.19. The molecule has 192 valence electrons. The summed E-state index contributed by atoms with van der Waals surface area (Å²) in [5, 5.41) is 4.80. The van der Waals surface area contributed by atoms with Crippen molar-refractivity contribution in [3.8, 4) is 39.3 Å². The topological polar surface area (TPSA) is 30.7 Å². The van der Waals surface area contributed by atoms with E-state index in [1.807, 2.05) is 18.5 Å². The zero-order chi connectivity index (χ0) is 27.2. The monoisotopic (exact) mass is 523 g/mol. The first-order valence-electron chi connectivity index (χ1n) is 13.8. The molecule has 0 aliphatic heterocycles. The quantitative estimate of drug-likeness (QED) is 0.215. The molecule has 0 saturated carbocycles. The fraction of sp³-hybridized carbons (Fsp3) is 0. The van der Waals surface area contributed by atoms with E-state index in [0.29, 0.717) is 0 Å². The number of hydrogen-bond acceptors (Lipinski definition) is 2. The SMILES string of the molecule is c1ccc(-c2nc3ccccc3n2-c2c3ccccc3c(-c3cccc(-c4cccnc4)c3)c3ccccc23)cc1. The minimum absolute atomic E-state index is 0.938. The Morgan fingerprint density at radius 2 is 1.07 bits per heavy atom. The van der Waals surface area contributed by atoms with Crippen molar-refractivity contribution in [3.63, 3.8) is 0 Å². The normalized spacial score (nSPS) is 11.4. The van der Waals surface area contributed by atoms with Crippen LogP contribution in [0.3, 0.4) is 0 Å². The molecule has 0 saturated heterocycles. The molecule has 6 aromatic carbocycles. The highest BCUT2D eigenvalue weighted by atomic mass is 15.1. The van der Waals surface area contributed by atoms with Crippen molar-refractivity contribution in [3.05, 3.63) is 152 Å². The van der Waals surface area contributed by atoms with Crippen LogP contribution in [0.5, 0.6) is 0 Å². The van der Waals surface area contributed by atoms with E-state index in [0.717, 1.165) is 39.2 Å². The molecule has 2 aromatic heterocycles. The van der Waals surface area contributed by atoms with Crippen molar-refractivity contribution in [1.29, 1.82) is 0 Å². The first-order chi connectivity index (χ1) is 20.4. The highest BCUT2D eigenvalue weighted by Crippen LogP contribution is 2.43. The van der Waals surface area contributed by atoms with E-state index in [9.17, 15) is 0 Å². The predicted molar refractivity (Wildman–Crippen MR) is 170 cm³/mol. The molecule has 3 nitrogen and oxygen atoms in total. The molecule has 8 aromatic rings. The molecule has 0 atom stereocenters. The van der Waals surface area contributed by atoms with Gasteiger partial charge in [-0.3, -0.25) is 9.55 Å². The number of benzene rings is 6. The van der Waals surface area contributed by atoms with Gasteiger partial charge in [-0.05, 0) is 51.7 Å². The highest BCUT2D eigenvalue weighted by Gasteiger charge is 2.21. The number of nitrogens with zero attached hydrogens (tertiary/aromatic N) is 3. The number of rotatable bonds is 4. The third kappa shape index (κ3) is 3.82. The number of fused-ring (bicyclic) bond motifs is 3. The van der Waals surface area contributed by atoms with E-state index in [1.54, 1.807) is 0 Å². The summed E-state index contributed by atoms with van der Waals surface area (Å²) in [5.41, 5.74) is 8.99. The van der Waals surface area contributed by atoms with Crippen molar-refractivity contribution < 1.29 is 0 Å². The van der Waals surface area contributed by atoms with Crippen LogP contribution in [0.4, 0.5) is 0 Å². The fourth-order valence-electron chi connectivity index (χ4n) is 6.08. The average molecular weight is 524 g/mol. The molecule has 0 bridgehead atoms. The summed E-state index contributed by atoms with van der Waals surface area (Å²) >= 11 is 0. The average Bonchev–Trinajstić information content (AvgIpc) is 3.44. The molecule has 3 heteroatoms. The van der Waals surface area contributed by atoms with E-state index < -0.39 is 0 Å². The second kappa shape index (κ2) is 9.58. The Kier molecular flexibility index (Phi) is 5.46. The minimum atomic E-state index is 0.938. The molecule has 0 unspecified atom stereocenters. The maximum atomic E-state index is 5.16. The summed E-state index contributed by atoms with van der Waals surface area (Å²) in [4.78, 5) is 9.51. The van der Waals surface area contributed by atoms with E-state index in [1.165, 1.54) is 32.7 Å². The first-order valence-corrected chi connectivity index (χ1v) is 13.8. The van der Waals surface area contributed by atoms with Gasteiger partial charge in [0, 0.05) is 34.3 Å². The maximum Gasteiger partial charge on any atom is 0.145 e. The van der Waals surface area contributed by atoms with Gasteiger partial charge < -0.3 is 0 Å². The summed E-state index contributed by atoms with van der Waals surface area (Å²) < 4.78 is 2.35. The Morgan fingerprint density at radius 3 is 1.80 bits per heavy atom. The van der Waals surface area contributed by atoms with Crippen molar-refractivity contribution in [2.45, 2.75) is 0 Å². The van der Waals surface area contributed by atoms with Gasteiger partial charge in [-0.1, -0.05) is 115 Å². The summed E-state index contributed by atoms with van der Waals surface area (Å²) in [6.45, 7) is 0. The Hall–Kier alpha value is -5.54. The van der Waals surface area contributed by atoms with E-state index in [4.69, 9.17) is 4.98 Å². The Morgan fingerprint density at radius 1 is 0.463 bits per heavy atom. The lowest BCUT2D eigenvalue weighted by atomic mass is 9.89. The molecule has 0 amide bonds. The summed E-state index contributed by atoms with van der Waals surface area (Å²) in [7, 11) is 0. The molecule has 0 aliphatic rings. The lowest BCUT2D eigenvalue weighted by Crippen LogP contribution is -2.01. The lowest BCUT2D eigenvalue weighted by Gasteiger charge is -2.20. The van der Waals surface area contributed by atoms with Crippen LogP contribution in [0.25, 0.3) is 71.9 Å². The van der Waals surface area contributed by atoms with Gasteiger partial charge in [0.05, 0.1) is 16.7 Å². The second-order valence-corrected chi connectivity index (χ2v) is 10.3. The van der Waals surface area contributed by atoms with Crippen LogP contribution < -0.4 is 0 Å². The largest absolute Gasteiger partial charge is 0.291 e. The van der Waals surface area contributed by atoms with E-state index >= 15 is 0 Å². The smallest absolute Gasteiger partial charge is 0.145 e. The van der Waals surface area contributed by atoms with Crippen LogP contribution in [-0.4, -0.2) is 14.5 Å². The van der Waals surface area contributed by atoms with Crippen molar-refractivity contribution in [2.24, 2.45) is 0 Å². The molecule has 0 radical (unpaired) electrons. The molecule has 0 spiro atoms. The van der Waals surface area contributed by atoms with Crippen LogP contribution in [-0.2, 0) is 0 Å². The standard InChI is InChI=1S/C38H25N3/c1-2-12-26(13-3-1)38-40-34-21-8-9-22-35(34)41(38)37-32-19-6-4-17-30(32)36(31-18-5-7-20-33(31)37)28-15-10-14-27(24-28)29-16-11-23-39-25-29/h1-25H. The van der Waals surface area contributed by atoms with Gasteiger partial charge in [-0.15, -0.1) is 0 Å². The Balaban J connectivity index is 1.50. The van der Waals surface area contributed by atoms with Crippen LogP contribution in [0.1, 0.15) is 0 Å². The number of aromatic nitrogens is 3. The first kappa shape index (κ1) is 23.4. The summed E-state index contributed by atoms with van der Waals surface area (Å²) in [6, 6.07) is 49.3. The molecule has 41 heavy (non-hydrogen) atoms. The van der Waals surface area contributed by atoms with Gasteiger partial charge >= 0.3 is 0 Å². The molecule has 0 aliphatic carbocycles. The zero-order valence-corrected chi connectivity index (χ0v) is 22.3. The number of imidazole rings is 1. The van der Waals surface area contributed by atoms with E-state index in [-0.39, 0.29) is 0 Å². The maximum absolute atomic E-state index is 5.16. The second-order valence-electron chi connectivity index (χ2n) is 10.3. The lowest BCUT2D eigenvalue weighted by molar-refractivity contribution is 1.13. The zero-order valence-electron chi connectivity index (χ0n) is 22.3. The predicted octanol–water partition coefficient (Wildman–Crippen LogP) is 9.73.